The van der Waals surface area contributed by atoms with E-state index in [9.17, 15) is 4.39 Å². The number of halogens is 1. The number of likely N-dealkylation sites (tertiary alicyclic amines) is 1. The van der Waals surface area contributed by atoms with E-state index in [0.29, 0.717) is 12.6 Å². The van der Waals surface area contributed by atoms with Gasteiger partial charge >= 0.3 is 0 Å². The van der Waals surface area contributed by atoms with Gasteiger partial charge in [-0.3, -0.25) is 4.90 Å². The van der Waals surface area contributed by atoms with Crippen molar-refractivity contribution in [2.24, 2.45) is 5.92 Å². The smallest absolute Gasteiger partial charge is 0.114 e. The number of hydrogen-bond acceptors (Lipinski definition) is 2. The summed E-state index contributed by atoms with van der Waals surface area (Å²) in [5, 5.41) is 3.48. The fourth-order valence-electron chi connectivity index (χ4n) is 2.37. The van der Waals surface area contributed by atoms with Crippen molar-refractivity contribution in [1.29, 1.82) is 0 Å². The van der Waals surface area contributed by atoms with Crippen LogP contribution in [0.5, 0.6) is 0 Å². The van der Waals surface area contributed by atoms with Gasteiger partial charge in [0.2, 0.25) is 0 Å². The van der Waals surface area contributed by atoms with Crippen molar-refractivity contribution >= 4 is 0 Å². The van der Waals surface area contributed by atoms with Crippen LogP contribution >= 0.6 is 0 Å². The molecule has 2 aliphatic rings. The van der Waals surface area contributed by atoms with Crippen LogP contribution in [0.2, 0.25) is 0 Å². The van der Waals surface area contributed by atoms with Crippen LogP contribution in [0.15, 0.2) is 0 Å². The predicted octanol–water partition coefficient (Wildman–Crippen LogP) is 1.03. The minimum Gasteiger partial charge on any atom is -0.312 e. The zero-order valence-electron chi connectivity index (χ0n) is 8.30. The largest absolute Gasteiger partial charge is 0.312 e. The van der Waals surface area contributed by atoms with Crippen molar-refractivity contribution in [3.63, 3.8) is 0 Å². The van der Waals surface area contributed by atoms with Crippen molar-refractivity contribution in [3.8, 4) is 0 Å². The molecule has 2 aliphatic heterocycles. The Kier molecular flexibility index (Phi) is 2.84. The number of rotatable bonds is 2. The van der Waals surface area contributed by atoms with Crippen LogP contribution in [0, 0.1) is 5.92 Å². The Morgan fingerprint density at radius 3 is 2.85 bits per heavy atom. The summed E-state index contributed by atoms with van der Waals surface area (Å²) in [6, 6.07) is 0.602. The summed E-state index contributed by atoms with van der Waals surface area (Å²) in [6.45, 7) is 6.07. The molecule has 0 aromatic heterocycles. The topological polar surface area (TPSA) is 15.3 Å². The number of nitrogens with zero attached hydrogens (tertiary/aromatic N) is 1. The monoisotopic (exact) mass is 186 g/mol. The fourth-order valence-corrected chi connectivity index (χ4v) is 2.37. The Morgan fingerprint density at radius 1 is 1.46 bits per heavy atom. The Labute approximate surface area is 79.5 Å². The van der Waals surface area contributed by atoms with Crippen molar-refractivity contribution < 1.29 is 4.39 Å². The molecular weight excluding hydrogens is 167 g/mol. The molecule has 2 heterocycles. The summed E-state index contributed by atoms with van der Waals surface area (Å²) >= 11 is 0. The van der Waals surface area contributed by atoms with Gasteiger partial charge < -0.3 is 5.32 Å². The second-order valence-electron chi connectivity index (χ2n) is 4.47. The molecule has 0 aromatic rings. The summed E-state index contributed by atoms with van der Waals surface area (Å²) < 4.78 is 12.9. The van der Waals surface area contributed by atoms with E-state index in [2.05, 4.69) is 17.1 Å². The standard InChI is InChI=1S/C10H19FN2/c1-8-2-4-12-10(8)7-13-5-3-9(11)6-13/h8-10,12H,2-7H2,1H3. The first-order valence-electron chi connectivity index (χ1n) is 5.35. The van der Waals surface area contributed by atoms with Crippen LogP contribution in [0.1, 0.15) is 19.8 Å². The molecule has 76 valence electrons. The van der Waals surface area contributed by atoms with E-state index in [1.807, 2.05) is 0 Å². The van der Waals surface area contributed by atoms with E-state index < -0.39 is 6.17 Å². The summed E-state index contributed by atoms with van der Waals surface area (Å²) in [4.78, 5) is 2.25. The van der Waals surface area contributed by atoms with Crippen molar-refractivity contribution in [2.75, 3.05) is 26.2 Å². The Balaban J connectivity index is 1.77. The second kappa shape index (κ2) is 3.93. The minimum atomic E-state index is -0.572. The molecule has 2 nitrogen and oxygen atoms in total. The summed E-state index contributed by atoms with van der Waals surface area (Å²) in [6.07, 6.45) is 1.44. The lowest BCUT2D eigenvalue weighted by Crippen LogP contribution is -2.39. The van der Waals surface area contributed by atoms with Gasteiger partial charge in [0.1, 0.15) is 6.17 Å². The molecule has 3 atom stereocenters. The van der Waals surface area contributed by atoms with Crippen LogP contribution in [0.3, 0.4) is 0 Å². The van der Waals surface area contributed by atoms with E-state index >= 15 is 0 Å². The van der Waals surface area contributed by atoms with Crippen molar-refractivity contribution in [2.45, 2.75) is 32.0 Å². The molecule has 3 heteroatoms. The van der Waals surface area contributed by atoms with Gasteiger partial charge in [0.05, 0.1) is 0 Å². The quantitative estimate of drug-likeness (QED) is 0.693. The maximum Gasteiger partial charge on any atom is 0.114 e. The van der Waals surface area contributed by atoms with Gasteiger partial charge in [-0.25, -0.2) is 4.39 Å². The predicted molar refractivity (Wildman–Crippen MR) is 51.5 cm³/mol. The first-order valence-corrected chi connectivity index (χ1v) is 5.35. The Bertz CT molecular complexity index is 174. The van der Waals surface area contributed by atoms with Gasteiger partial charge in [-0.1, -0.05) is 6.92 Å². The molecule has 2 rings (SSSR count). The Hall–Kier alpha value is -0.150. The van der Waals surface area contributed by atoms with Gasteiger partial charge in [-0.05, 0) is 25.3 Å². The lowest BCUT2D eigenvalue weighted by Gasteiger charge is -2.22. The lowest BCUT2D eigenvalue weighted by atomic mass is 10.0. The van der Waals surface area contributed by atoms with Crippen LogP contribution in [-0.4, -0.2) is 43.3 Å². The normalized spacial score (nSPS) is 41.5. The second-order valence-corrected chi connectivity index (χ2v) is 4.47. The van der Waals surface area contributed by atoms with E-state index in [1.165, 1.54) is 6.42 Å². The third-order valence-corrected chi connectivity index (χ3v) is 3.36. The number of hydrogen-bond donors (Lipinski definition) is 1. The van der Waals surface area contributed by atoms with Crippen LogP contribution in [0.4, 0.5) is 4.39 Å². The molecule has 3 unspecified atom stereocenters. The van der Waals surface area contributed by atoms with Gasteiger partial charge in [0.25, 0.3) is 0 Å². The lowest BCUT2D eigenvalue weighted by molar-refractivity contribution is 0.253. The zero-order valence-corrected chi connectivity index (χ0v) is 8.30. The molecule has 0 spiro atoms. The van der Waals surface area contributed by atoms with Crippen LogP contribution in [0.25, 0.3) is 0 Å². The Morgan fingerprint density at radius 2 is 2.31 bits per heavy atom. The average Bonchev–Trinajstić information content (AvgIpc) is 2.64. The van der Waals surface area contributed by atoms with Gasteiger partial charge in [-0.2, -0.15) is 0 Å². The van der Waals surface area contributed by atoms with Gasteiger partial charge in [0, 0.05) is 25.7 Å². The molecule has 0 saturated carbocycles. The van der Waals surface area contributed by atoms with E-state index in [0.717, 1.165) is 32.0 Å². The number of alkyl halides is 1. The maximum absolute atomic E-state index is 12.9. The average molecular weight is 186 g/mol. The molecule has 2 fully saturated rings. The maximum atomic E-state index is 12.9. The van der Waals surface area contributed by atoms with E-state index in [-0.39, 0.29) is 0 Å². The van der Waals surface area contributed by atoms with Crippen molar-refractivity contribution in [3.05, 3.63) is 0 Å². The molecule has 0 bridgehead atoms. The SMILES string of the molecule is CC1CCNC1CN1CCC(F)C1. The molecule has 0 aromatic carbocycles. The summed E-state index contributed by atoms with van der Waals surface area (Å²) in [5.41, 5.74) is 0. The summed E-state index contributed by atoms with van der Waals surface area (Å²) in [7, 11) is 0. The van der Waals surface area contributed by atoms with Crippen molar-refractivity contribution in [1.82, 2.24) is 10.2 Å². The number of nitrogens with one attached hydrogen (secondary N) is 1. The molecule has 13 heavy (non-hydrogen) atoms. The first kappa shape index (κ1) is 9.41. The van der Waals surface area contributed by atoms with Crippen LogP contribution in [-0.2, 0) is 0 Å². The highest BCUT2D eigenvalue weighted by molar-refractivity contribution is 4.86. The molecule has 1 N–H and O–H groups in total. The summed E-state index contributed by atoms with van der Waals surface area (Å²) in [5.74, 6) is 0.763. The fraction of sp³-hybridized carbons (Fsp3) is 1.00. The van der Waals surface area contributed by atoms with E-state index in [4.69, 9.17) is 0 Å². The molecule has 0 aliphatic carbocycles. The highest BCUT2D eigenvalue weighted by atomic mass is 19.1. The third kappa shape index (κ3) is 2.20. The van der Waals surface area contributed by atoms with Gasteiger partial charge in [0.15, 0.2) is 0 Å². The molecular formula is C10H19FN2. The van der Waals surface area contributed by atoms with Crippen LogP contribution < -0.4 is 5.32 Å². The molecule has 0 amide bonds. The molecule has 0 radical (unpaired) electrons. The third-order valence-electron chi connectivity index (χ3n) is 3.36. The zero-order chi connectivity index (χ0) is 9.26. The highest BCUT2D eigenvalue weighted by Gasteiger charge is 2.28. The first-order chi connectivity index (χ1) is 6.25. The van der Waals surface area contributed by atoms with E-state index in [1.54, 1.807) is 0 Å². The highest BCUT2D eigenvalue weighted by Crippen LogP contribution is 2.18. The minimum absolute atomic E-state index is 0.572. The molecule has 2 saturated heterocycles. The van der Waals surface area contributed by atoms with Gasteiger partial charge in [-0.15, -0.1) is 0 Å².